The standard InChI is InChI=1S/C11H14F3N5O4/c1-5(2)23-9-7(11(12,13)14)3-6(19(21)22)4-8(9)18(16)10(20)17-15/h3-5H,15-16H2,1-2H3,(H,17,20). The molecule has 0 aliphatic heterocycles. The number of nitrogens with one attached hydrogen (secondary N) is 1. The zero-order chi connectivity index (χ0) is 17.9. The number of halogens is 3. The van der Waals surface area contributed by atoms with Crippen molar-refractivity contribution in [2.75, 3.05) is 5.01 Å². The van der Waals surface area contributed by atoms with Crippen molar-refractivity contribution in [3.05, 3.63) is 27.8 Å². The molecule has 2 amide bonds. The SMILES string of the molecule is CC(C)Oc1c(N(N)C(=O)NN)cc([N+](=O)[O-])cc1C(F)(F)F. The van der Waals surface area contributed by atoms with Crippen LogP contribution in [0.5, 0.6) is 5.75 Å². The van der Waals surface area contributed by atoms with Gasteiger partial charge in [0.1, 0.15) is 11.3 Å². The molecular formula is C11H14F3N5O4. The van der Waals surface area contributed by atoms with Gasteiger partial charge in [0, 0.05) is 12.1 Å². The molecule has 0 aliphatic rings. The van der Waals surface area contributed by atoms with E-state index in [1.807, 2.05) is 0 Å². The van der Waals surface area contributed by atoms with E-state index in [-0.39, 0.29) is 5.01 Å². The molecule has 0 radical (unpaired) electrons. The summed E-state index contributed by atoms with van der Waals surface area (Å²) in [6.45, 7) is 2.88. The summed E-state index contributed by atoms with van der Waals surface area (Å²) in [5.41, 5.74) is -1.39. The van der Waals surface area contributed by atoms with E-state index in [1.165, 1.54) is 13.8 Å². The van der Waals surface area contributed by atoms with Crippen LogP contribution in [0.1, 0.15) is 19.4 Å². The number of nitro groups is 1. The van der Waals surface area contributed by atoms with Gasteiger partial charge in [0.2, 0.25) is 0 Å². The summed E-state index contributed by atoms with van der Waals surface area (Å²) in [4.78, 5) is 21.2. The Morgan fingerprint density at radius 2 is 2.00 bits per heavy atom. The lowest BCUT2D eigenvalue weighted by atomic mass is 10.1. The second-order valence-electron chi connectivity index (χ2n) is 4.58. The number of ether oxygens (including phenoxy) is 1. The van der Waals surface area contributed by atoms with Gasteiger partial charge in [0.15, 0.2) is 5.75 Å². The van der Waals surface area contributed by atoms with E-state index in [4.69, 9.17) is 16.4 Å². The fourth-order valence-electron chi connectivity index (χ4n) is 1.63. The Kier molecular flexibility index (Phi) is 5.34. The van der Waals surface area contributed by atoms with E-state index >= 15 is 0 Å². The number of carbonyl (C=O) groups is 1. The van der Waals surface area contributed by atoms with Gasteiger partial charge in [-0.15, -0.1) is 0 Å². The summed E-state index contributed by atoms with van der Waals surface area (Å²) >= 11 is 0. The zero-order valence-corrected chi connectivity index (χ0v) is 12.0. The number of nitro benzene ring substituents is 1. The molecule has 1 aromatic carbocycles. The van der Waals surface area contributed by atoms with Crippen LogP contribution in [0, 0.1) is 10.1 Å². The maximum atomic E-state index is 13.2. The number of nitrogens with zero attached hydrogens (tertiary/aromatic N) is 2. The Bertz CT molecular complexity index is 620. The lowest BCUT2D eigenvalue weighted by molar-refractivity contribution is -0.385. The number of benzene rings is 1. The van der Waals surface area contributed by atoms with Gasteiger partial charge in [-0.25, -0.2) is 21.5 Å². The van der Waals surface area contributed by atoms with Crippen LogP contribution >= 0.6 is 0 Å². The number of alkyl halides is 3. The van der Waals surface area contributed by atoms with Crippen molar-refractivity contribution >= 4 is 17.4 Å². The fourth-order valence-corrected chi connectivity index (χ4v) is 1.63. The Morgan fingerprint density at radius 3 is 2.39 bits per heavy atom. The van der Waals surface area contributed by atoms with E-state index < -0.39 is 45.9 Å². The largest absolute Gasteiger partial charge is 0.488 e. The molecule has 9 nitrogen and oxygen atoms in total. The van der Waals surface area contributed by atoms with Gasteiger partial charge in [-0.3, -0.25) is 15.5 Å². The Labute approximate surface area is 128 Å². The van der Waals surface area contributed by atoms with Crippen molar-refractivity contribution in [2.24, 2.45) is 11.7 Å². The monoisotopic (exact) mass is 337 g/mol. The van der Waals surface area contributed by atoms with Gasteiger partial charge < -0.3 is 4.74 Å². The number of non-ortho nitro benzene ring substituents is 1. The highest BCUT2D eigenvalue weighted by atomic mass is 19.4. The minimum atomic E-state index is -4.97. The second-order valence-corrected chi connectivity index (χ2v) is 4.58. The summed E-state index contributed by atoms with van der Waals surface area (Å²) < 4.78 is 44.6. The van der Waals surface area contributed by atoms with Crippen LogP contribution in [-0.2, 0) is 6.18 Å². The van der Waals surface area contributed by atoms with Gasteiger partial charge in [-0.1, -0.05) is 0 Å². The molecule has 0 bridgehead atoms. The van der Waals surface area contributed by atoms with Gasteiger partial charge in [-0.2, -0.15) is 13.2 Å². The molecule has 0 fully saturated rings. The van der Waals surface area contributed by atoms with Gasteiger partial charge in [-0.05, 0) is 13.8 Å². The molecule has 128 valence electrons. The summed E-state index contributed by atoms with van der Waals surface area (Å²) in [6.07, 6.45) is -5.68. The van der Waals surface area contributed by atoms with Crippen LogP contribution in [-0.4, -0.2) is 17.1 Å². The molecule has 0 saturated carbocycles. The molecule has 0 spiro atoms. The number of nitrogens with two attached hydrogens (primary N) is 2. The number of rotatable bonds is 4. The minimum absolute atomic E-state index is 0.194. The first kappa shape index (κ1) is 18.4. The molecular weight excluding hydrogens is 323 g/mol. The number of anilines is 1. The van der Waals surface area contributed by atoms with Crippen LogP contribution in [0.3, 0.4) is 0 Å². The molecule has 5 N–H and O–H groups in total. The van der Waals surface area contributed by atoms with Crippen molar-refractivity contribution in [1.29, 1.82) is 0 Å². The summed E-state index contributed by atoms with van der Waals surface area (Å²) in [6, 6.07) is -0.204. The third-order valence-corrected chi connectivity index (χ3v) is 2.53. The molecule has 0 heterocycles. The van der Waals surface area contributed by atoms with Crippen molar-refractivity contribution in [2.45, 2.75) is 26.1 Å². The maximum absolute atomic E-state index is 13.2. The molecule has 0 saturated heterocycles. The maximum Gasteiger partial charge on any atom is 0.420 e. The number of urea groups is 1. The molecule has 0 unspecified atom stereocenters. The van der Waals surface area contributed by atoms with E-state index in [2.05, 4.69) is 0 Å². The summed E-state index contributed by atoms with van der Waals surface area (Å²) in [7, 11) is 0. The highest BCUT2D eigenvalue weighted by molar-refractivity contribution is 5.93. The topological polar surface area (TPSA) is 137 Å². The Hall–Kier alpha value is -2.60. The quantitative estimate of drug-likeness (QED) is 0.331. The van der Waals surface area contributed by atoms with E-state index in [1.54, 1.807) is 5.43 Å². The third-order valence-electron chi connectivity index (χ3n) is 2.53. The molecule has 0 aliphatic carbocycles. The summed E-state index contributed by atoms with van der Waals surface area (Å²) in [5, 5.41) is 11.0. The first-order chi connectivity index (χ1) is 10.5. The van der Waals surface area contributed by atoms with Gasteiger partial charge in [0.25, 0.3) is 5.69 Å². The van der Waals surface area contributed by atoms with Crippen molar-refractivity contribution in [3.63, 3.8) is 0 Å². The average molecular weight is 337 g/mol. The number of carbonyl (C=O) groups excluding carboxylic acids is 1. The van der Waals surface area contributed by atoms with Gasteiger partial charge in [0.05, 0.1) is 11.0 Å². The predicted octanol–water partition coefficient (Wildman–Crippen LogP) is 1.66. The van der Waals surface area contributed by atoms with E-state index in [9.17, 15) is 28.1 Å². The van der Waals surface area contributed by atoms with Crippen LogP contribution in [0.4, 0.5) is 29.3 Å². The number of amides is 2. The minimum Gasteiger partial charge on any atom is -0.488 e. The molecule has 1 aromatic rings. The normalized spacial score (nSPS) is 11.3. The molecule has 0 atom stereocenters. The number of hydrazine groups is 2. The van der Waals surface area contributed by atoms with Crippen molar-refractivity contribution in [1.82, 2.24) is 5.43 Å². The molecule has 23 heavy (non-hydrogen) atoms. The van der Waals surface area contributed by atoms with Gasteiger partial charge >= 0.3 is 12.2 Å². The highest BCUT2D eigenvalue weighted by Crippen LogP contribution is 2.44. The second kappa shape index (κ2) is 6.66. The molecule has 0 aromatic heterocycles. The predicted molar refractivity (Wildman–Crippen MR) is 73.2 cm³/mol. The number of hydrogen-bond donors (Lipinski definition) is 3. The van der Waals surface area contributed by atoms with Crippen molar-refractivity contribution in [3.8, 4) is 5.75 Å². The average Bonchev–Trinajstić information content (AvgIpc) is 2.43. The first-order valence-electron chi connectivity index (χ1n) is 6.10. The fraction of sp³-hybridized carbons (Fsp3) is 0.364. The molecule has 1 rings (SSSR count). The van der Waals surface area contributed by atoms with E-state index in [0.717, 1.165) is 0 Å². The smallest absolute Gasteiger partial charge is 0.420 e. The van der Waals surface area contributed by atoms with Crippen LogP contribution in [0.15, 0.2) is 12.1 Å². The number of hydrogen-bond acceptors (Lipinski definition) is 6. The van der Waals surface area contributed by atoms with Crippen LogP contribution in [0.25, 0.3) is 0 Å². The van der Waals surface area contributed by atoms with Crippen molar-refractivity contribution < 1.29 is 27.6 Å². The lowest BCUT2D eigenvalue weighted by Crippen LogP contribution is -2.48. The van der Waals surface area contributed by atoms with Crippen LogP contribution < -0.4 is 26.9 Å². The third kappa shape index (κ3) is 4.20. The Morgan fingerprint density at radius 1 is 1.43 bits per heavy atom. The van der Waals surface area contributed by atoms with E-state index in [0.29, 0.717) is 12.1 Å². The van der Waals surface area contributed by atoms with Crippen LogP contribution in [0.2, 0.25) is 0 Å². The first-order valence-corrected chi connectivity index (χ1v) is 6.10. The highest BCUT2D eigenvalue weighted by Gasteiger charge is 2.39. The lowest BCUT2D eigenvalue weighted by Gasteiger charge is -2.23. The summed E-state index contributed by atoms with van der Waals surface area (Å²) in [5.74, 6) is 9.43. The zero-order valence-electron chi connectivity index (χ0n) is 12.0. The molecule has 12 heteroatoms. The Balaban J connectivity index is 3.70.